The largest absolute Gasteiger partial charge is 0.350 e. The number of nitrogens with two attached hydrogens (primary N) is 1. The van der Waals surface area contributed by atoms with Crippen LogP contribution in [0.2, 0.25) is 0 Å². The Morgan fingerprint density at radius 1 is 1.41 bits per heavy atom. The minimum absolute atomic E-state index is 0. The summed E-state index contributed by atoms with van der Waals surface area (Å²) in [5.74, 6) is -3.45. The lowest BCUT2D eigenvalue weighted by Crippen LogP contribution is -2.43. The van der Waals surface area contributed by atoms with E-state index in [-0.39, 0.29) is 24.2 Å². The SMILES string of the molecule is CCCCC(CC)C(=O)NCC(F)(F)CN.Cl. The first-order valence-electron chi connectivity index (χ1n) is 5.82. The number of alkyl halides is 2. The van der Waals surface area contributed by atoms with Gasteiger partial charge in [-0.3, -0.25) is 4.79 Å². The maximum absolute atomic E-state index is 12.8. The molecular formula is C11H23ClF2N2O. The van der Waals surface area contributed by atoms with Gasteiger partial charge in [-0.2, -0.15) is 0 Å². The number of rotatable bonds is 8. The minimum atomic E-state index is -3.00. The zero-order valence-electron chi connectivity index (χ0n) is 10.5. The van der Waals surface area contributed by atoms with Crippen LogP contribution in [0.1, 0.15) is 39.5 Å². The monoisotopic (exact) mass is 272 g/mol. The van der Waals surface area contributed by atoms with E-state index in [0.717, 1.165) is 19.3 Å². The molecule has 0 rings (SSSR count). The van der Waals surface area contributed by atoms with Crippen molar-refractivity contribution in [3.8, 4) is 0 Å². The highest BCUT2D eigenvalue weighted by Crippen LogP contribution is 2.14. The second kappa shape index (κ2) is 9.59. The quantitative estimate of drug-likeness (QED) is 0.713. The Morgan fingerprint density at radius 2 is 2.00 bits per heavy atom. The molecule has 0 radical (unpaired) electrons. The van der Waals surface area contributed by atoms with E-state index >= 15 is 0 Å². The molecule has 0 saturated carbocycles. The fourth-order valence-corrected chi connectivity index (χ4v) is 1.40. The van der Waals surface area contributed by atoms with Crippen molar-refractivity contribution in [1.29, 1.82) is 0 Å². The maximum Gasteiger partial charge on any atom is 0.277 e. The van der Waals surface area contributed by atoms with Gasteiger partial charge in [-0.15, -0.1) is 12.4 Å². The van der Waals surface area contributed by atoms with Gasteiger partial charge in [0.15, 0.2) is 0 Å². The minimum Gasteiger partial charge on any atom is -0.350 e. The molecule has 0 aliphatic carbocycles. The Morgan fingerprint density at radius 3 is 2.41 bits per heavy atom. The second-order valence-corrected chi connectivity index (χ2v) is 4.03. The van der Waals surface area contributed by atoms with Crippen LogP contribution in [-0.4, -0.2) is 24.9 Å². The molecule has 0 spiro atoms. The number of hydrogen-bond acceptors (Lipinski definition) is 2. The van der Waals surface area contributed by atoms with E-state index in [4.69, 9.17) is 5.73 Å². The summed E-state index contributed by atoms with van der Waals surface area (Å²) >= 11 is 0. The summed E-state index contributed by atoms with van der Waals surface area (Å²) in [6.45, 7) is 2.53. The lowest BCUT2D eigenvalue weighted by atomic mass is 9.98. The normalized spacial score (nSPS) is 12.8. The van der Waals surface area contributed by atoms with Crippen LogP contribution in [0.15, 0.2) is 0 Å². The van der Waals surface area contributed by atoms with Gasteiger partial charge in [0.1, 0.15) is 0 Å². The highest BCUT2D eigenvalue weighted by Gasteiger charge is 2.28. The van der Waals surface area contributed by atoms with Crippen molar-refractivity contribution in [2.24, 2.45) is 11.7 Å². The fraction of sp³-hybridized carbons (Fsp3) is 0.909. The molecule has 3 nitrogen and oxygen atoms in total. The number of carbonyl (C=O) groups is 1. The van der Waals surface area contributed by atoms with E-state index in [2.05, 4.69) is 5.32 Å². The fourth-order valence-electron chi connectivity index (χ4n) is 1.40. The van der Waals surface area contributed by atoms with E-state index < -0.39 is 19.0 Å². The van der Waals surface area contributed by atoms with E-state index in [1.165, 1.54) is 0 Å². The smallest absolute Gasteiger partial charge is 0.277 e. The van der Waals surface area contributed by atoms with Crippen LogP contribution in [0.3, 0.4) is 0 Å². The zero-order valence-corrected chi connectivity index (χ0v) is 11.3. The van der Waals surface area contributed by atoms with Crippen molar-refractivity contribution in [2.45, 2.75) is 45.5 Å². The molecule has 6 heteroatoms. The molecule has 1 unspecified atom stereocenters. The van der Waals surface area contributed by atoms with Gasteiger partial charge in [0.25, 0.3) is 5.92 Å². The summed E-state index contributed by atoms with van der Waals surface area (Å²) in [7, 11) is 0. The number of nitrogens with one attached hydrogen (secondary N) is 1. The van der Waals surface area contributed by atoms with Crippen LogP contribution in [0.4, 0.5) is 8.78 Å². The lowest BCUT2D eigenvalue weighted by Gasteiger charge is -2.18. The molecule has 0 heterocycles. The van der Waals surface area contributed by atoms with E-state index in [9.17, 15) is 13.6 Å². The summed E-state index contributed by atoms with van der Waals surface area (Å²) in [5.41, 5.74) is 4.88. The van der Waals surface area contributed by atoms with Gasteiger partial charge in [0.05, 0.1) is 13.1 Å². The molecule has 0 bridgehead atoms. The van der Waals surface area contributed by atoms with Crippen LogP contribution < -0.4 is 11.1 Å². The first kappa shape index (κ1) is 18.9. The van der Waals surface area contributed by atoms with Crippen molar-refractivity contribution in [3.05, 3.63) is 0 Å². The molecule has 17 heavy (non-hydrogen) atoms. The molecule has 1 atom stereocenters. The third-order valence-corrected chi connectivity index (χ3v) is 2.59. The Balaban J connectivity index is 0. The van der Waals surface area contributed by atoms with Gasteiger partial charge in [-0.05, 0) is 12.8 Å². The summed E-state index contributed by atoms with van der Waals surface area (Å²) in [5, 5.41) is 2.26. The Labute approximate surface area is 108 Å². The van der Waals surface area contributed by atoms with Gasteiger partial charge in [0, 0.05) is 5.92 Å². The highest BCUT2D eigenvalue weighted by atomic mass is 35.5. The van der Waals surface area contributed by atoms with E-state index in [1.807, 2.05) is 13.8 Å². The first-order valence-corrected chi connectivity index (χ1v) is 5.82. The molecule has 0 aromatic rings. The molecule has 0 aromatic heterocycles. The van der Waals surface area contributed by atoms with Crippen LogP contribution >= 0.6 is 12.4 Å². The van der Waals surface area contributed by atoms with Crippen molar-refractivity contribution >= 4 is 18.3 Å². The average Bonchev–Trinajstić information content (AvgIpc) is 2.27. The highest BCUT2D eigenvalue weighted by molar-refractivity contribution is 5.85. The standard InChI is InChI=1S/C11H22F2N2O.ClH/c1-3-5-6-9(4-2)10(16)15-8-11(12,13)7-14;/h9H,3-8,14H2,1-2H3,(H,15,16);1H. The molecule has 104 valence electrons. The predicted octanol–water partition coefficient (Wildman–Crippen LogP) is 2.33. The second-order valence-electron chi connectivity index (χ2n) is 4.03. The van der Waals surface area contributed by atoms with Crippen molar-refractivity contribution < 1.29 is 13.6 Å². The predicted molar refractivity (Wildman–Crippen MR) is 67.6 cm³/mol. The van der Waals surface area contributed by atoms with Crippen LogP contribution in [0, 0.1) is 5.92 Å². The van der Waals surface area contributed by atoms with E-state index in [0.29, 0.717) is 6.42 Å². The summed E-state index contributed by atoms with van der Waals surface area (Å²) in [6, 6.07) is 0. The molecule has 0 aliphatic heterocycles. The molecular weight excluding hydrogens is 250 g/mol. The summed E-state index contributed by atoms with van der Waals surface area (Å²) in [4.78, 5) is 11.6. The van der Waals surface area contributed by atoms with Gasteiger partial charge < -0.3 is 11.1 Å². The number of hydrogen-bond donors (Lipinski definition) is 2. The molecule has 1 amide bonds. The van der Waals surface area contributed by atoms with Crippen molar-refractivity contribution in [1.82, 2.24) is 5.32 Å². The average molecular weight is 273 g/mol. The third kappa shape index (κ3) is 8.32. The Hall–Kier alpha value is -0.420. The molecule has 0 fully saturated rings. The number of carbonyl (C=O) groups excluding carboxylic acids is 1. The number of amides is 1. The first-order chi connectivity index (χ1) is 7.46. The maximum atomic E-state index is 12.8. The Bertz CT molecular complexity index is 216. The van der Waals surface area contributed by atoms with Crippen LogP contribution in [-0.2, 0) is 4.79 Å². The summed E-state index contributed by atoms with van der Waals surface area (Å²) in [6.07, 6.45) is 3.38. The van der Waals surface area contributed by atoms with Gasteiger partial charge in [-0.1, -0.05) is 26.7 Å². The lowest BCUT2D eigenvalue weighted by molar-refractivity contribution is -0.127. The number of unbranched alkanes of at least 4 members (excludes halogenated alkanes) is 1. The topological polar surface area (TPSA) is 55.1 Å². The third-order valence-electron chi connectivity index (χ3n) is 2.59. The van der Waals surface area contributed by atoms with Crippen molar-refractivity contribution in [2.75, 3.05) is 13.1 Å². The van der Waals surface area contributed by atoms with Crippen LogP contribution in [0.25, 0.3) is 0 Å². The van der Waals surface area contributed by atoms with E-state index in [1.54, 1.807) is 0 Å². The molecule has 3 N–H and O–H groups in total. The van der Waals surface area contributed by atoms with Crippen LogP contribution in [0.5, 0.6) is 0 Å². The zero-order chi connectivity index (χ0) is 12.6. The Kier molecular flexibility index (Phi) is 10.7. The number of halogens is 3. The molecule has 0 aliphatic rings. The van der Waals surface area contributed by atoms with Gasteiger partial charge in [-0.25, -0.2) is 8.78 Å². The van der Waals surface area contributed by atoms with Crippen molar-refractivity contribution in [3.63, 3.8) is 0 Å². The van der Waals surface area contributed by atoms with Gasteiger partial charge >= 0.3 is 0 Å². The van der Waals surface area contributed by atoms with Gasteiger partial charge in [0.2, 0.25) is 5.91 Å². The summed E-state index contributed by atoms with van der Waals surface area (Å²) < 4.78 is 25.6. The molecule has 0 saturated heterocycles. The molecule has 0 aromatic carbocycles.